The number of hydrogen-bond acceptors (Lipinski definition) is 10. The Kier molecular flexibility index (Phi) is 665. The molecule has 0 amide bonds. The van der Waals surface area contributed by atoms with Gasteiger partial charge in [0.15, 0.2) is 0 Å². The Morgan fingerprint density at radius 2 is 1.19 bits per heavy atom. The molecule has 0 radical (unpaired) electrons. The van der Waals surface area contributed by atoms with E-state index >= 15 is 0 Å². The summed E-state index contributed by atoms with van der Waals surface area (Å²) in [5.74, 6) is 0. The minimum atomic E-state index is -0.750. The van der Waals surface area contributed by atoms with Crippen LogP contribution in [0.25, 0.3) is 0 Å². The van der Waals surface area contributed by atoms with Gasteiger partial charge in [0.05, 0.1) is 14.2 Å². The van der Waals surface area contributed by atoms with Crippen molar-refractivity contribution >= 4 is 0 Å². The van der Waals surface area contributed by atoms with Crippen LogP contribution >= 0.6 is 0 Å². The maximum atomic E-state index is 7.12. The van der Waals surface area contributed by atoms with Gasteiger partial charge in [-0.05, 0) is 0 Å². The van der Waals surface area contributed by atoms with Crippen LogP contribution in [0.1, 0.15) is 14.9 Å². The summed E-state index contributed by atoms with van der Waals surface area (Å²) in [4.78, 5) is 20.5. The molecule has 16 heavy (non-hydrogen) atoms. The van der Waals surface area contributed by atoms with Gasteiger partial charge in [-0.15, -0.1) is 0 Å². The van der Waals surface area contributed by atoms with Gasteiger partial charge in [-0.2, -0.15) is 0 Å². The van der Waals surface area contributed by atoms with Crippen LogP contribution in [0.5, 0.6) is 0 Å². The van der Waals surface area contributed by atoms with Crippen LogP contribution < -0.4 is 0 Å². The van der Waals surface area contributed by atoms with Crippen molar-refractivity contribution in [2.45, 2.75) is 14.9 Å². The third-order valence-electron chi connectivity index (χ3n) is 0. The van der Waals surface area contributed by atoms with E-state index in [0.717, 1.165) is 0 Å². The van der Waals surface area contributed by atoms with Crippen molar-refractivity contribution in [3.05, 3.63) is 9.93 Å². The van der Waals surface area contributed by atoms with Gasteiger partial charge in [0.1, 0.15) is 13.6 Å². The summed E-state index contributed by atoms with van der Waals surface area (Å²) in [5.41, 5.74) is 0. The fourth-order valence-corrected chi connectivity index (χ4v) is 0. The minimum absolute atomic E-state index is 0. The van der Waals surface area contributed by atoms with Crippen molar-refractivity contribution in [2.24, 2.45) is 0 Å². The van der Waals surface area contributed by atoms with Crippen molar-refractivity contribution in [1.82, 2.24) is 0 Å². The third-order valence-corrected chi connectivity index (χ3v) is 0. The maximum Gasteiger partial charge on any atom is 0.140 e. The Bertz CT molecular complexity index is 30.5. The minimum Gasteiger partial charge on any atom is -0.371 e. The molecule has 0 heterocycles. The van der Waals surface area contributed by atoms with Crippen molar-refractivity contribution in [2.75, 3.05) is 27.8 Å². The Hall–Kier alpha value is -0.720. The summed E-state index contributed by atoms with van der Waals surface area (Å²) >= 11 is 0. The fourth-order valence-electron chi connectivity index (χ4n) is 0. The Balaban J connectivity index is -0.0000000124. The zero-order valence-corrected chi connectivity index (χ0v) is 7.73. The topological polar surface area (TPSA) is 174 Å². The van der Waals surface area contributed by atoms with Crippen LogP contribution in [0.2, 0.25) is 0 Å². The number of rotatable bonds is 0. The quantitative estimate of drug-likeness (QED) is 0.144. The lowest BCUT2D eigenvalue weighted by molar-refractivity contribution is -0.215. The van der Waals surface area contributed by atoms with Gasteiger partial charge in [0.25, 0.3) is 0 Å². The molecule has 0 spiro atoms. The van der Waals surface area contributed by atoms with Crippen LogP contribution in [0.15, 0.2) is 0 Å². The maximum absolute atomic E-state index is 7.12. The smallest absolute Gasteiger partial charge is 0.140 e. The van der Waals surface area contributed by atoms with Crippen molar-refractivity contribution in [1.29, 1.82) is 0 Å². The molecule has 0 atom stereocenters. The molecular weight excluding hydrogens is 244 g/mol. The summed E-state index contributed by atoms with van der Waals surface area (Å²) in [7, 11) is 2.36. The van der Waals surface area contributed by atoms with E-state index in [0.29, 0.717) is 0 Å². The van der Waals surface area contributed by atoms with E-state index in [4.69, 9.17) is 40.9 Å². The molecule has 0 aliphatic carbocycles. The van der Waals surface area contributed by atoms with Crippen LogP contribution in [0.3, 0.4) is 0 Å². The molecular formula is C6H24O10. The van der Waals surface area contributed by atoms with E-state index in [1.165, 1.54) is 14.2 Å². The predicted octanol–water partition coefficient (Wildman–Crippen LogP) is -0.592. The lowest BCUT2D eigenvalue weighted by Gasteiger charge is -1.59. The largest absolute Gasteiger partial charge is 0.371 e. The Labute approximate surface area is 94.4 Å². The normalized spacial score (nSPS) is 4.75. The van der Waals surface area contributed by atoms with Gasteiger partial charge in [-0.1, -0.05) is 14.9 Å². The average molecular weight is 268 g/mol. The molecule has 0 aromatic carbocycles. The second kappa shape index (κ2) is 234. The van der Waals surface area contributed by atoms with Crippen LogP contribution in [-0.2, 0) is 9.78 Å². The van der Waals surface area contributed by atoms with E-state index in [2.05, 4.69) is 9.78 Å². The highest BCUT2D eigenvalue weighted by Crippen LogP contribution is 1.26. The average Bonchev–Trinajstić information content (AvgIpc) is 2.12. The molecule has 0 aromatic heterocycles. The van der Waals surface area contributed by atoms with Gasteiger partial charge in [0, 0.05) is 9.93 Å². The van der Waals surface area contributed by atoms with Crippen LogP contribution in [0, 0.1) is 9.93 Å². The monoisotopic (exact) mass is 268 g/mol. The third kappa shape index (κ3) is 3860. The molecule has 108 valence electrons. The lowest BCUT2D eigenvalue weighted by atomic mass is 11.6. The van der Waals surface area contributed by atoms with E-state index in [1.54, 1.807) is 0 Å². The van der Waals surface area contributed by atoms with E-state index < -0.39 is 13.6 Å². The standard InChI is InChI=1S/4CH4O2.2CH4.O2/c2*1-3-2;2*2-1-3;;;1-2/h2*2H,1H3;2*2-3H,1H2;2*1H4;/i2+2,3+2;2+0,3+0;2+2,3+2;2+0,3+0;;;1+2,2+2. The van der Waals surface area contributed by atoms with E-state index in [-0.39, 0.29) is 14.9 Å². The van der Waals surface area contributed by atoms with Gasteiger partial charge in [0.2, 0.25) is 0 Å². The molecule has 0 aromatic rings. The zero-order chi connectivity index (χ0) is 12.8. The Morgan fingerprint density at radius 1 is 1.19 bits per heavy atom. The van der Waals surface area contributed by atoms with Crippen molar-refractivity contribution < 1.29 is 40.7 Å². The summed E-state index contributed by atoms with van der Waals surface area (Å²) < 4.78 is 0. The molecule has 0 bridgehead atoms. The molecule has 10 heteroatoms. The van der Waals surface area contributed by atoms with E-state index in [1.807, 2.05) is 0 Å². The molecule has 0 aliphatic rings. The first-order valence-electron chi connectivity index (χ1n) is 2.61. The molecule has 0 saturated heterocycles. The number of aliphatic hydroxyl groups is 4. The van der Waals surface area contributed by atoms with Gasteiger partial charge >= 0.3 is 0 Å². The second-order valence-electron chi connectivity index (χ2n) is 0.648. The van der Waals surface area contributed by atoms with Gasteiger partial charge in [-0.3, -0.25) is 10.5 Å². The van der Waals surface area contributed by atoms with E-state index in [9.17, 15) is 0 Å². The highest BCUT2D eigenvalue weighted by Gasteiger charge is 1.33. The van der Waals surface area contributed by atoms with Crippen molar-refractivity contribution in [3.8, 4) is 0 Å². The number of hydrogen-bond donors (Lipinski definition) is 6. The van der Waals surface area contributed by atoms with Gasteiger partial charge in [-0.25, -0.2) is 9.78 Å². The molecule has 0 saturated carbocycles. The fraction of sp³-hybridized carbons (Fsp3) is 1.00. The van der Waals surface area contributed by atoms with Crippen molar-refractivity contribution in [3.63, 3.8) is 0 Å². The first-order valence-corrected chi connectivity index (χ1v) is 2.61. The van der Waals surface area contributed by atoms with Crippen LogP contribution in [-0.4, -0.2) is 58.7 Å². The molecule has 0 fully saturated rings. The SMILES string of the molecule is C.C.C[16O][16OH].C[18O][18OH].[16OH]C[16OH].[18OH]C[18OH].[18O]=[18O]. The lowest BCUT2D eigenvalue weighted by Crippen LogP contribution is -1.66. The highest BCUT2D eigenvalue weighted by molar-refractivity contribution is 4.07. The molecule has 0 unspecified atom stereocenters. The first-order chi connectivity index (χ1) is 6.66. The number of aliphatic hydroxyl groups excluding tert-OH is 2. The second-order valence-corrected chi connectivity index (χ2v) is 0.648. The molecule has 0 aliphatic heterocycles. The molecule has 6 N–H and O–H groups in total. The molecule has 10 nitrogen and oxygen atoms in total. The van der Waals surface area contributed by atoms with Crippen LogP contribution in [0.4, 0.5) is 0 Å². The summed E-state index contributed by atoms with van der Waals surface area (Å²) in [6.07, 6.45) is 0. The predicted molar refractivity (Wildman–Crippen MR) is 58.1 cm³/mol. The summed E-state index contributed by atoms with van der Waals surface area (Å²) in [5, 5.41) is 42.6. The zero-order valence-electron chi connectivity index (χ0n) is 7.73. The summed E-state index contributed by atoms with van der Waals surface area (Å²) in [6.45, 7) is -1.50. The van der Waals surface area contributed by atoms with Gasteiger partial charge < -0.3 is 20.4 Å². The Morgan fingerprint density at radius 3 is 1.19 bits per heavy atom. The molecule has 0 rings (SSSR count). The highest BCUT2D eigenvalue weighted by atomic mass is 19.1. The summed E-state index contributed by atoms with van der Waals surface area (Å²) in [6, 6.07) is 0. The first kappa shape index (κ1) is 45.4.